The number of anilines is 1. The Kier molecular flexibility index (Phi) is 6.84. The van der Waals surface area contributed by atoms with Gasteiger partial charge in [-0.05, 0) is 36.4 Å². The van der Waals surface area contributed by atoms with Crippen molar-refractivity contribution in [2.24, 2.45) is 0 Å². The van der Waals surface area contributed by atoms with Gasteiger partial charge in [-0.1, -0.05) is 13.0 Å². The number of esters is 1. The number of hydrogen-bond donors (Lipinski definition) is 1. The minimum atomic E-state index is -0.741. The molecular weight excluding hydrogens is 341 g/mol. The highest BCUT2D eigenvalue weighted by atomic mass is 19.1. The van der Waals surface area contributed by atoms with Crippen molar-refractivity contribution in [1.82, 2.24) is 0 Å². The normalized spacial score (nSPS) is 10.1. The second-order valence-corrected chi connectivity index (χ2v) is 5.31. The van der Waals surface area contributed by atoms with Crippen LogP contribution in [0, 0.1) is 5.82 Å². The summed E-state index contributed by atoms with van der Waals surface area (Å²) < 4.78 is 22.9. The Labute approximate surface area is 149 Å². The van der Waals surface area contributed by atoms with Gasteiger partial charge in [0.25, 0.3) is 0 Å². The van der Waals surface area contributed by atoms with Gasteiger partial charge in [-0.15, -0.1) is 0 Å². The van der Waals surface area contributed by atoms with E-state index in [1.807, 2.05) is 0 Å². The van der Waals surface area contributed by atoms with Gasteiger partial charge in [0.1, 0.15) is 11.6 Å². The van der Waals surface area contributed by atoms with E-state index in [1.54, 1.807) is 19.1 Å². The smallest absolute Gasteiger partial charge is 0.344 e. The van der Waals surface area contributed by atoms with Crippen molar-refractivity contribution in [3.8, 4) is 5.75 Å². The average Bonchev–Trinajstić information content (AvgIpc) is 2.65. The van der Waals surface area contributed by atoms with Crippen LogP contribution in [0.2, 0.25) is 0 Å². The SMILES string of the molecule is CCC(=O)Nc1ccc(C(=O)COC(=O)COc2cccc(F)c2)cc1. The van der Waals surface area contributed by atoms with E-state index in [1.165, 1.54) is 30.3 Å². The molecule has 0 atom stereocenters. The summed E-state index contributed by atoms with van der Waals surface area (Å²) in [7, 11) is 0. The molecule has 0 fully saturated rings. The summed E-state index contributed by atoms with van der Waals surface area (Å²) in [6, 6.07) is 11.6. The maximum Gasteiger partial charge on any atom is 0.344 e. The number of amides is 1. The molecular formula is C19H18FNO5. The van der Waals surface area contributed by atoms with Gasteiger partial charge in [-0.25, -0.2) is 9.18 Å². The summed E-state index contributed by atoms with van der Waals surface area (Å²) in [4.78, 5) is 34.9. The van der Waals surface area contributed by atoms with Gasteiger partial charge in [0, 0.05) is 23.7 Å². The van der Waals surface area contributed by atoms with E-state index < -0.39 is 30.8 Å². The number of Topliss-reactive ketones (excluding diaryl/α,β-unsaturated/α-hetero) is 1. The van der Waals surface area contributed by atoms with E-state index in [0.717, 1.165) is 6.07 Å². The molecule has 7 heteroatoms. The molecule has 1 amide bonds. The third kappa shape index (κ3) is 6.01. The first kappa shape index (κ1) is 19.1. The summed E-state index contributed by atoms with van der Waals surface area (Å²) in [5.41, 5.74) is 0.923. The topological polar surface area (TPSA) is 81.7 Å². The third-order valence-corrected chi connectivity index (χ3v) is 3.33. The van der Waals surface area contributed by atoms with Crippen LogP contribution in [0.25, 0.3) is 0 Å². The molecule has 0 aliphatic heterocycles. The summed E-state index contributed by atoms with van der Waals surface area (Å²) in [5.74, 6) is -1.55. The van der Waals surface area contributed by atoms with Crippen molar-refractivity contribution < 1.29 is 28.2 Å². The van der Waals surface area contributed by atoms with Crippen LogP contribution in [0.1, 0.15) is 23.7 Å². The number of carbonyl (C=O) groups is 3. The molecule has 2 aromatic carbocycles. The van der Waals surface area contributed by atoms with E-state index in [0.29, 0.717) is 17.7 Å². The minimum Gasteiger partial charge on any atom is -0.482 e. The van der Waals surface area contributed by atoms with Crippen LogP contribution >= 0.6 is 0 Å². The van der Waals surface area contributed by atoms with E-state index in [-0.39, 0.29) is 11.7 Å². The van der Waals surface area contributed by atoms with Crippen LogP contribution in [-0.4, -0.2) is 30.9 Å². The molecule has 0 heterocycles. The quantitative estimate of drug-likeness (QED) is 0.579. The Hall–Kier alpha value is -3.22. The maximum atomic E-state index is 13.0. The molecule has 0 unspecified atom stereocenters. The van der Waals surface area contributed by atoms with Gasteiger partial charge in [-0.2, -0.15) is 0 Å². The molecule has 0 bridgehead atoms. The zero-order chi connectivity index (χ0) is 18.9. The third-order valence-electron chi connectivity index (χ3n) is 3.33. The number of halogens is 1. The number of ether oxygens (including phenoxy) is 2. The van der Waals surface area contributed by atoms with Crippen molar-refractivity contribution >= 4 is 23.3 Å². The number of benzene rings is 2. The number of rotatable bonds is 8. The molecule has 0 saturated carbocycles. The molecule has 1 N–H and O–H groups in total. The molecule has 2 aromatic rings. The fourth-order valence-electron chi connectivity index (χ4n) is 1.96. The Morgan fingerprint density at radius 3 is 2.42 bits per heavy atom. The summed E-state index contributed by atoms with van der Waals surface area (Å²) in [6.07, 6.45) is 0.355. The summed E-state index contributed by atoms with van der Waals surface area (Å²) in [5, 5.41) is 2.67. The van der Waals surface area contributed by atoms with Crippen molar-refractivity contribution in [3.63, 3.8) is 0 Å². The zero-order valence-electron chi connectivity index (χ0n) is 14.2. The van der Waals surface area contributed by atoms with Crippen molar-refractivity contribution in [2.45, 2.75) is 13.3 Å². The summed E-state index contributed by atoms with van der Waals surface area (Å²) >= 11 is 0. The second kappa shape index (κ2) is 9.31. The highest BCUT2D eigenvalue weighted by Crippen LogP contribution is 2.12. The predicted molar refractivity (Wildman–Crippen MR) is 92.5 cm³/mol. The lowest BCUT2D eigenvalue weighted by molar-refractivity contribution is -0.144. The first-order valence-electron chi connectivity index (χ1n) is 7.95. The molecule has 0 aliphatic carbocycles. The van der Waals surface area contributed by atoms with E-state index in [2.05, 4.69) is 5.32 Å². The highest BCUT2D eigenvalue weighted by Gasteiger charge is 2.11. The Bertz CT molecular complexity index is 789. The Morgan fingerprint density at radius 1 is 1.04 bits per heavy atom. The van der Waals surface area contributed by atoms with Crippen molar-refractivity contribution in [1.29, 1.82) is 0 Å². The van der Waals surface area contributed by atoms with Crippen LogP contribution < -0.4 is 10.1 Å². The molecule has 0 radical (unpaired) electrons. The zero-order valence-corrected chi connectivity index (χ0v) is 14.2. The number of ketones is 1. The minimum absolute atomic E-state index is 0.128. The number of hydrogen-bond acceptors (Lipinski definition) is 5. The van der Waals surface area contributed by atoms with Gasteiger partial charge < -0.3 is 14.8 Å². The maximum absolute atomic E-state index is 13.0. The lowest BCUT2D eigenvalue weighted by Crippen LogP contribution is -2.19. The lowest BCUT2D eigenvalue weighted by atomic mass is 10.1. The number of nitrogens with one attached hydrogen (secondary N) is 1. The van der Waals surface area contributed by atoms with Crippen molar-refractivity contribution in [2.75, 3.05) is 18.5 Å². The number of carbonyl (C=O) groups excluding carboxylic acids is 3. The van der Waals surface area contributed by atoms with Crippen LogP contribution in [0.4, 0.5) is 10.1 Å². The fraction of sp³-hybridized carbons (Fsp3) is 0.211. The standard InChI is InChI=1S/C19H18FNO5/c1-2-18(23)21-15-8-6-13(7-9-15)17(22)11-26-19(24)12-25-16-5-3-4-14(20)10-16/h3-10H,2,11-12H2,1H3,(H,21,23). The van der Waals surface area contributed by atoms with E-state index in [9.17, 15) is 18.8 Å². The average molecular weight is 359 g/mol. The molecule has 26 heavy (non-hydrogen) atoms. The fourth-order valence-corrected chi connectivity index (χ4v) is 1.96. The van der Waals surface area contributed by atoms with E-state index >= 15 is 0 Å². The van der Waals surface area contributed by atoms with Gasteiger partial charge in [0.05, 0.1) is 0 Å². The monoisotopic (exact) mass is 359 g/mol. The highest BCUT2D eigenvalue weighted by molar-refractivity contribution is 5.98. The second-order valence-electron chi connectivity index (χ2n) is 5.31. The molecule has 6 nitrogen and oxygen atoms in total. The first-order chi connectivity index (χ1) is 12.5. The molecule has 0 saturated heterocycles. The molecule has 0 aromatic heterocycles. The molecule has 2 rings (SSSR count). The Balaban J connectivity index is 1.78. The van der Waals surface area contributed by atoms with Crippen LogP contribution in [0.15, 0.2) is 48.5 Å². The summed E-state index contributed by atoms with van der Waals surface area (Å²) in [6.45, 7) is 0.865. The van der Waals surface area contributed by atoms with Crippen LogP contribution in [0.5, 0.6) is 5.75 Å². The van der Waals surface area contributed by atoms with E-state index in [4.69, 9.17) is 9.47 Å². The molecule has 0 spiro atoms. The van der Waals surface area contributed by atoms with Gasteiger partial charge in [-0.3, -0.25) is 9.59 Å². The van der Waals surface area contributed by atoms with Crippen LogP contribution in [-0.2, 0) is 14.3 Å². The molecule has 0 aliphatic rings. The van der Waals surface area contributed by atoms with Crippen LogP contribution in [0.3, 0.4) is 0 Å². The molecule has 136 valence electrons. The predicted octanol–water partition coefficient (Wildman–Crippen LogP) is 2.98. The Morgan fingerprint density at radius 2 is 1.77 bits per heavy atom. The lowest BCUT2D eigenvalue weighted by Gasteiger charge is -2.07. The first-order valence-corrected chi connectivity index (χ1v) is 7.95. The van der Waals surface area contributed by atoms with Gasteiger partial charge in [0.2, 0.25) is 5.91 Å². The largest absolute Gasteiger partial charge is 0.482 e. The van der Waals surface area contributed by atoms with Gasteiger partial charge >= 0.3 is 5.97 Å². The van der Waals surface area contributed by atoms with Gasteiger partial charge in [0.15, 0.2) is 19.0 Å². The van der Waals surface area contributed by atoms with Crippen molar-refractivity contribution in [3.05, 3.63) is 59.9 Å².